The second kappa shape index (κ2) is 6.66. The monoisotopic (exact) mass is 313 g/mol. The van der Waals surface area contributed by atoms with Gasteiger partial charge in [0.1, 0.15) is 6.61 Å². The quantitative estimate of drug-likeness (QED) is 0.681. The summed E-state index contributed by atoms with van der Waals surface area (Å²) in [5.41, 5.74) is 1.48. The molecule has 22 heavy (non-hydrogen) atoms. The lowest BCUT2D eigenvalue weighted by Crippen LogP contribution is -2.46. The highest BCUT2D eigenvalue weighted by atomic mass is 32.2. The molecule has 1 N–H and O–H groups in total. The highest BCUT2D eigenvalue weighted by molar-refractivity contribution is 8.00. The van der Waals surface area contributed by atoms with Crippen LogP contribution in [0.4, 0.5) is 0 Å². The molecule has 0 spiro atoms. The number of nitrogens with one attached hydrogen (secondary N) is 1. The Labute approximate surface area is 132 Å². The number of benzene rings is 2. The van der Waals surface area contributed by atoms with Crippen molar-refractivity contribution in [2.24, 2.45) is 0 Å². The first-order valence-corrected chi connectivity index (χ1v) is 7.86. The van der Waals surface area contributed by atoms with Gasteiger partial charge in [-0.05, 0) is 17.7 Å². The predicted molar refractivity (Wildman–Crippen MR) is 84.4 cm³/mol. The molecule has 3 rings (SSSR count). The van der Waals surface area contributed by atoms with Crippen LogP contribution in [0.25, 0.3) is 0 Å². The maximum Gasteiger partial charge on any atom is 0.339 e. The molecule has 1 saturated heterocycles. The van der Waals surface area contributed by atoms with Crippen molar-refractivity contribution in [2.45, 2.75) is 23.3 Å². The van der Waals surface area contributed by atoms with E-state index in [-0.39, 0.29) is 23.9 Å². The number of esters is 1. The van der Waals surface area contributed by atoms with E-state index in [1.54, 1.807) is 6.07 Å². The molecular weight excluding hydrogens is 298 g/mol. The highest BCUT2D eigenvalue weighted by Crippen LogP contribution is 2.30. The van der Waals surface area contributed by atoms with Crippen LogP contribution in [0.1, 0.15) is 22.3 Å². The fraction of sp³-hybridized carbons (Fsp3) is 0.176. The van der Waals surface area contributed by atoms with E-state index in [9.17, 15) is 9.59 Å². The minimum absolute atomic E-state index is 0.0376. The van der Waals surface area contributed by atoms with Gasteiger partial charge in [-0.25, -0.2) is 4.79 Å². The Bertz CT molecular complexity index is 679. The highest BCUT2D eigenvalue weighted by Gasteiger charge is 2.27. The summed E-state index contributed by atoms with van der Waals surface area (Å²) >= 11 is 1.48. The smallest absolute Gasteiger partial charge is 0.339 e. The van der Waals surface area contributed by atoms with E-state index in [2.05, 4.69) is 5.32 Å². The Hall–Kier alpha value is -2.27. The number of thioether (sulfide) groups is 1. The van der Waals surface area contributed by atoms with Crippen molar-refractivity contribution >= 4 is 23.6 Å². The van der Waals surface area contributed by atoms with Gasteiger partial charge in [0.2, 0.25) is 5.91 Å². The lowest BCUT2D eigenvalue weighted by Gasteiger charge is -2.26. The van der Waals surface area contributed by atoms with Crippen molar-refractivity contribution in [3.8, 4) is 0 Å². The number of β-lactam (4-membered cyclic amide) rings is 1. The normalized spacial score (nSPS) is 16.5. The van der Waals surface area contributed by atoms with Crippen LogP contribution in [-0.4, -0.2) is 17.3 Å². The average molecular weight is 313 g/mol. The van der Waals surface area contributed by atoms with E-state index in [1.807, 2.05) is 48.5 Å². The fourth-order valence-corrected chi connectivity index (χ4v) is 3.26. The van der Waals surface area contributed by atoms with E-state index < -0.39 is 0 Å². The SMILES string of the molecule is O=C1CC(Sc2ccccc2C(=O)OCc2ccccc2)N1. The van der Waals surface area contributed by atoms with Crippen molar-refractivity contribution in [3.63, 3.8) is 0 Å². The van der Waals surface area contributed by atoms with Gasteiger partial charge in [0.15, 0.2) is 0 Å². The number of hydrogen-bond donors (Lipinski definition) is 1. The summed E-state index contributed by atoms with van der Waals surface area (Å²) in [7, 11) is 0. The van der Waals surface area contributed by atoms with Crippen LogP contribution in [0.15, 0.2) is 59.5 Å². The van der Waals surface area contributed by atoms with Gasteiger partial charge in [-0.3, -0.25) is 4.79 Å². The zero-order valence-electron chi connectivity index (χ0n) is 11.8. The molecule has 1 atom stereocenters. The number of ether oxygens (including phenoxy) is 1. The standard InChI is InChI=1S/C17H15NO3S/c19-15-10-16(18-15)22-14-9-5-4-8-13(14)17(20)21-11-12-6-2-1-3-7-12/h1-9,16H,10-11H2,(H,18,19). The number of carbonyl (C=O) groups excluding carboxylic acids is 2. The molecule has 0 aliphatic carbocycles. The van der Waals surface area contributed by atoms with Gasteiger partial charge in [-0.1, -0.05) is 54.2 Å². The molecular formula is C17H15NO3S. The molecule has 1 heterocycles. The fourth-order valence-electron chi connectivity index (χ4n) is 2.09. The molecule has 112 valence electrons. The summed E-state index contributed by atoms with van der Waals surface area (Å²) in [5, 5.41) is 2.82. The maximum atomic E-state index is 12.3. The molecule has 4 nitrogen and oxygen atoms in total. The summed E-state index contributed by atoms with van der Waals surface area (Å²) in [6.07, 6.45) is 0.484. The van der Waals surface area contributed by atoms with Crippen LogP contribution in [0, 0.1) is 0 Å². The van der Waals surface area contributed by atoms with Gasteiger partial charge in [-0.15, -0.1) is 0 Å². The third kappa shape index (κ3) is 3.49. The van der Waals surface area contributed by atoms with Gasteiger partial charge >= 0.3 is 5.97 Å². The van der Waals surface area contributed by atoms with E-state index in [4.69, 9.17) is 4.74 Å². The van der Waals surface area contributed by atoms with Crippen LogP contribution in [0.3, 0.4) is 0 Å². The van der Waals surface area contributed by atoms with Crippen molar-refractivity contribution < 1.29 is 14.3 Å². The summed E-state index contributed by atoms with van der Waals surface area (Å²) in [4.78, 5) is 24.1. The number of rotatable bonds is 5. The third-order valence-corrected chi connectivity index (χ3v) is 4.46. The van der Waals surface area contributed by atoms with E-state index in [0.717, 1.165) is 10.5 Å². The first kappa shape index (κ1) is 14.7. The van der Waals surface area contributed by atoms with Crippen LogP contribution >= 0.6 is 11.8 Å². The molecule has 1 fully saturated rings. The summed E-state index contributed by atoms with van der Waals surface area (Å²) in [6, 6.07) is 16.9. The molecule has 0 aromatic heterocycles. The molecule has 1 amide bonds. The molecule has 1 aliphatic heterocycles. The third-order valence-electron chi connectivity index (χ3n) is 3.28. The molecule has 1 aliphatic rings. The summed E-state index contributed by atoms with van der Waals surface area (Å²) < 4.78 is 5.37. The minimum Gasteiger partial charge on any atom is -0.457 e. The molecule has 1 unspecified atom stereocenters. The maximum absolute atomic E-state index is 12.3. The van der Waals surface area contributed by atoms with E-state index in [0.29, 0.717) is 12.0 Å². The van der Waals surface area contributed by atoms with Crippen molar-refractivity contribution in [3.05, 3.63) is 65.7 Å². The van der Waals surface area contributed by atoms with E-state index >= 15 is 0 Å². The second-order valence-corrected chi connectivity index (χ2v) is 6.18. The zero-order valence-corrected chi connectivity index (χ0v) is 12.6. The summed E-state index contributed by atoms with van der Waals surface area (Å²) in [5.74, 6) is -0.306. The lowest BCUT2D eigenvalue weighted by atomic mass is 10.2. The molecule has 0 saturated carbocycles. The van der Waals surface area contributed by atoms with Gasteiger partial charge in [0.25, 0.3) is 0 Å². The molecule has 0 radical (unpaired) electrons. The molecule has 0 bridgehead atoms. The first-order valence-electron chi connectivity index (χ1n) is 6.98. The lowest BCUT2D eigenvalue weighted by molar-refractivity contribution is -0.126. The van der Waals surface area contributed by atoms with Crippen molar-refractivity contribution in [1.82, 2.24) is 5.32 Å². The second-order valence-electron chi connectivity index (χ2n) is 4.94. The van der Waals surface area contributed by atoms with E-state index in [1.165, 1.54) is 11.8 Å². The molecule has 5 heteroatoms. The van der Waals surface area contributed by atoms with Crippen molar-refractivity contribution in [1.29, 1.82) is 0 Å². The van der Waals surface area contributed by atoms with Gasteiger partial charge in [0, 0.05) is 4.90 Å². The van der Waals surface area contributed by atoms with Crippen molar-refractivity contribution in [2.75, 3.05) is 0 Å². The molecule has 2 aromatic rings. The number of carbonyl (C=O) groups is 2. The number of amides is 1. The minimum atomic E-state index is -0.349. The Kier molecular flexibility index (Phi) is 4.44. The average Bonchev–Trinajstić information content (AvgIpc) is 2.53. The Balaban J connectivity index is 1.65. The van der Waals surface area contributed by atoms with Crippen LogP contribution in [0.5, 0.6) is 0 Å². The van der Waals surface area contributed by atoms with Gasteiger partial charge < -0.3 is 10.1 Å². The molecule has 2 aromatic carbocycles. The predicted octanol–water partition coefficient (Wildman–Crippen LogP) is 2.98. The first-order chi connectivity index (χ1) is 10.7. The Morgan fingerprint density at radius 2 is 1.82 bits per heavy atom. The topological polar surface area (TPSA) is 55.4 Å². The van der Waals surface area contributed by atoms with Crippen LogP contribution in [-0.2, 0) is 16.1 Å². The Morgan fingerprint density at radius 3 is 2.55 bits per heavy atom. The van der Waals surface area contributed by atoms with Gasteiger partial charge in [0.05, 0.1) is 17.4 Å². The zero-order chi connectivity index (χ0) is 15.4. The summed E-state index contributed by atoms with van der Waals surface area (Å²) in [6.45, 7) is 0.249. The number of hydrogen-bond acceptors (Lipinski definition) is 4. The van der Waals surface area contributed by atoms with Gasteiger partial charge in [-0.2, -0.15) is 0 Å². The van der Waals surface area contributed by atoms with Crippen LogP contribution < -0.4 is 5.32 Å². The van der Waals surface area contributed by atoms with Crippen LogP contribution in [0.2, 0.25) is 0 Å². The Morgan fingerprint density at radius 1 is 1.14 bits per heavy atom. The largest absolute Gasteiger partial charge is 0.457 e.